The molecule has 23 heavy (non-hydrogen) atoms. The van der Waals surface area contributed by atoms with Gasteiger partial charge in [0.2, 0.25) is 0 Å². The van der Waals surface area contributed by atoms with Gasteiger partial charge in [-0.05, 0) is 43.3 Å². The van der Waals surface area contributed by atoms with Gasteiger partial charge >= 0.3 is 6.03 Å². The molecule has 0 unspecified atom stereocenters. The van der Waals surface area contributed by atoms with Crippen molar-refractivity contribution in [2.75, 3.05) is 18.7 Å². The van der Waals surface area contributed by atoms with Crippen molar-refractivity contribution >= 4 is 11.7 Å². The molecule has 0 bridgehead atoms. The maximum absolute atomic E-state index is 11.8. The van der Waals surface area contributed by atoms with E-state index in [1.165, 1.54) is 0 Å². The Morgan fingerprint density at radius 3 is 2.35 bits per heavy atom. The number of carbonyl (C=O) groups excluding carboxylic acids is 1. The molecule has 118 valence electrons. The van der Waals surface area contributed by atoms with Gasteiger partial charge in [0.1, 0.15) is 0 Å². The number of nitrogens with one attached hydrogen (secondary N) is 2. The number of nitriles is 1. The smallest absolute Gasteiger partial charge is 0.321 e. The number of hydrogen-bond donors (Lipinski definition) is 2. The van der Waals surface area contributed by atoms with Crippen LogP contribution in [-0.4, -0.2) is 19.4 Å². The molecular weight excluding hydrogens is 294 g/mol. The number of amides is 2. The minimum Gasteiger partial charge on any atom is -0.490 e. The van der Waals surface area contributed by atoms with Gasteiger partial charge in [0, 0.05) is 5.69 Å². The molecule has 0 atom stereocenters. The Morgan fingerprint density at radius 1 is 1.09 bits per heavy atom. The molecule has 0 aliphatic carbocycles. The Labute approximate surface area is 134 Å². The molecule has 0 aromatic heterocycles. The maximum Gasteiger partial charge on any atom is 0.321 e. The first kappa shape index (κ1) is 16.2. The average molecular weight is 311 g/mol. The van der Waals surface area contributed by atoms with Crippen molar-refractivity contribution in [2.24, 2.45) is 0 Å². The van der Waals surface area contributed by atoms with Crippen LogP contribution in [0.5, 0.6) is 11.5 Å². The van der Waals surface area contributed by atoms with E-state index in [4.69, 9.17) is 14.7 Å². The van der Waals surface area contributed by atoms with Crippen molar-refractivity contribution in [2.45, 2.75) is 6.92 Å². The van der Waals surface area contributed by atoms with Gasteiger partial charge in [0.05, 0.1) is 18.2 Å². The molecule has 6 nitrogen and oxygen atoms in total. The van der Waals surface area contributed by atoms with Crippen LogP contribution in [0.4, 0.5) is 10.5 Å². The molecule has 2 rings (SSSR count). The molecule has 0 saturated carbocycles. The summed E-state index contributed by atoms with van der Waals surface area (Å²) in [6.45, 7) is 2.43. The topological polar surface area (TPSA) is 83.4 Å². The third-order valence-corrected chi connectivity index (χ3v) is 2.88. The second-order valence-corrected chi connectivity index (χ2v) is 4.49. The van der Waals surface area contributed by atoms with E-state index in [-0.39, 0.29) is 6.73 Å². The van der Waals surface area contributed by atoms with Crippen molar-refractivity contribution in [3.8, 4) is 17.6 Å². The molecule has 2 aromatic rings. The van der Waals surface area contributed by atoms with Gasteiger partial charge < -0.3 is 20.1 Å². The summed E-state index contributed by atoms with van der Waals surface area (Å²) in [6, 6.07) is 15.4. The molecule has 0 spiro atoms. The molecular formula is C17H17N3O3. The van der Waals surface area contributed by atoms with Crippen molar-refractivity contribution in [3.05, 3.63) is 54.1 Å². The first-order chi connectivity index (χ1) is 11.2. The lowest BCUT2D eigenvalue weighted by Crippen LogP contribution is -2.32. The molecule has 0 aliphatic heterocycles. The lowest BCUT2D eigenvalue weighted by atomic mass is 10.2. The van der Waals surface area contributed by atoms with E-state index in [2.05, 4.69) is 10.6 Å². The first-order valence-corrected chi connectivity index (χ1v) is 7.12. The zero-order valence-corrected chi connectivity index (χ0v) is 12.7. The second kappa shape index (κ2) is 8.29. The normalized spacial score (nSPS) is 9.57. The summed E-state index contributed by atoms with van der Waals surface area (Å²) in [5.41, 5.74) is 1.13. The van der Waals surface area contributed by atoms with Crippen molar-refractivity contribution < 1.29 is 14.3 Å². The number of ether oxygens (including phenoxy) is 2. The number of benzene rings is 2. The number of nitrogens with zero attached hydrogens (tertiary/aromatic N) is 1. The number of hydrogen-bond acceptors (Lipinski definition) is 4. The maximum atomic E-state index is 11.8. The number of urea groups is 1. The summed E-state index contributed by atoms with van der Waals surface area (Å²) >= 11 is 0. The van der Waals surface area contributed by atoms with Crippen LogP contribution >= 0.6 is 0 Å². The van der Waals surface area contributed by atoms with Gasteiger partial charge in [0.15, 0.2) is 18.2 Å². The van der Waals surface area contributed by atoms with Gasteiger partial charge in [-0.3, -0.25) is 0 Å². The van der Waals surface area contributed by atoms with E-state index >= 15 is 0 Å². The number of para-hydroxylation sites is 2. The fourth-order valence-electron chi connectivity index (χ4n) is 1.83. The highest BCUT2D eigenvalue weighted by Crippen LogP contribution is 2.25. The molecule has 6 heteroatoms. The van der Waals surface area contributed by atoms with E-state index in [1.807, 2.05) is 25.1 Å². The summed E-state index contributed by atoms with van der Waals surface area (Å²) < 4.78 is 10.9. The van der Waals surface area contributed by atoms with Gasteiger partial charge in [-0.25, -0.2) is 4.79 Å². The molecule has 2 aromatic carbocycles. The van der Waals surface area contributed by atoms with E-state index in [0.29, 0.717) is 29.4 Å². The van der Waals surface area contributed by atoms with Gasteiger partial charge in [-0.1, -0.05) is 12.1 Å². The van der Waals surface area contributed by atoms with Gasteiger partial charge in [-0.15, -0.1) is 0 Å². The predicted octanol–water partition coefficient (Wildman–Crippen LogP) is 3.11. The molecule has 0 heterocycles. The molecule has 0 aliphatic rings. The number of anilines is 1. The fourth-order valence-corrected chi connectivity index (χ4v) is 1.83. The van der Waals surface area contributed by atoms with Crippen LogP contribution in [0.25, 0.3) is 0 Å². The molecule has 0 saturated heterocycles. The molecule has 0 fully saturated rings. The lowest BCUT2D eigenvalue weighted by Gasteiger charge is -2.12. The molecule has 2 N–H and O–H groups in total. The number of rotatable bonds is 6. The summed E-state index contributed by atoms with van der Waals surface area (Å²) in [6.07, 6.45) is 0. The summed E-state index contributed by atoms with van der Waals surface area (Å²) in [4.78, 5) is 11.8. The van der Waals surface area contributed by atoms with Crippen molar-refractivity contribution in [3.63, 3.8) is 0 Å². The third kappa shape index (κ3) is 4.93. The Morgan fingerprint density at radius 2 is 1.74 bits per heavy atom. The van der Waals surface area contributed by atoms with E-state index < -0.39 is 6.03 Å². The lowest BCUT2D eigenvalue weighted by molar-refractivity contribution is 0.229. The fraction of sp³-hybridized carbons (Fsp3) is 0.176. The zero-order valence-electron chi connectivity index (χ0n) is 12.7. The Bertz CT molecular complexity index is 693. The van der Waals surface area contributed by atoms with Crippen LogP contribution in [0.2, 0.25) is 0 Å². The van der Waals surface area contributed by atoms with Crippen LogP contribution in [-0.2, 0) is 0 Å². The van der Waals surface area contributed by atoms with Crippen LogP contribution in [0.1, 0.15) is 12.5 Å². The quantitative estimate of drug-likeness (QED) is 0.803. The van der Waals surface area contributed by atoms with Crippen LogP contribution in [0.3, 0.4) is 0 Å². The number of carbonyl (C=O) groups is 1. The highest BCUT2D eigenvalue weighted by Gasteiger charge is 2.05. The Balaban J connectivity index is 1.81. The SMILES string of the molecule is CCOc1ccccc1OCNC(=O)Nc1ccc(C#N)cc1. The minimum atomic E-state index is -0.399. The summed E-state index contributed by atoms with van der Waals surface area (Å²) in [5, 5.41) is 14.0. The monoisotopic (exact) mass is 311 g/mol. The molecule has 0 radical (unpaired) electrons. The van der Waals surface area contributed by atoms with Gasteiger partial charge in [0.25, 0.3) is 0 Å². The van der Waals surface area contributed by atoms with Crippen LogP contribution in [0.15, 0.2) is 48.5 Å². The van der Waals surface area contributed by atoms with E-state index in [0.717, 1.165) is 0 Å². The average Bonchev–Trinajstić information content (AvgIpc) is 2.57. The summed E-state index contributed by atoms with van der Waals surface area (Å²) in [5.74, 6) is 1.19. The standard InChI is InChI=1S/C17H17N3O3/c1-2-22-15-5-3-4-6-16(15)23-12-19-17(21)20-14-9-7-13(11-18)8-10-14/h3-10H,2,12H2,1H3,(H2,19,20,21). The largest absolute Gasteiger partial charge is 0.490 e. The van der Waals surface area contributed by atoms with E-state index in [1.54, 1.807) is 36.4 Å². The Hall–Kier alpha value is -3.20. The highest BCUT2D eigenvalue weighted by atomic mass is 16.5. The predicted molar refractivity (Wildman–Crippen MR) is 86.4 cm³/mol. The van der Waals surface area contributed by atoms with E-state index in [9.17, 15) is 4.79 Å². The molecule has 2 amide bonds. The first-order valence-electron chi connectivity index (χ1n) is 7.12. The summed E-state index contributed by atoms with van der Waals surface area (Å²) in [7, 11) is 0. The van der Waals surface area contributed by atoms with Crippen LogP contribution in [0, 0.1) is 11.3 Å². The van der Waals surface area contributed by atoms with Gasteiger partial charge in [-0.2, -0.15) is 5.26 Å². The highest BCUT2D eigenvalue weighted by molar-refractivity contribution is 5.89. The second-order valence-electron chi connectivity index (χ2n) is 4.49. The van der Waals surface area contributed by atoms with Crippen molar-refractivity contribution in [1.82, 2.24) is 5.32 Å². The zero-order chi connectivity index (χ0) is 16.5. The Kier molecular flexibility index (Phi) is 5.83. The third-order valence-electron chi connectivity index (χ3n) is 2.88. The van der Waals surface area contributed by atoms with Crippen molar-refractivity contribution in [1.29, 1.82) is 5.26 Å². The minimum absolute atomic E-state index is 0.00615. The van der Waals surface area contributed by atoms with Crippen LogP contribution < -0.4 is 20.1 Å².